The highest BCUT2D eigenvalue weighted by atomic mass is 35.5. The van der Waals surface area contributed by atoms with Crippen molar-refractivity contribution in [2.75, 3.05) is 19.0 Å². The molecule has 0 saturated carbocycles. The molecule has 9 heteroatoms. The zero-order chi connectivity index (χ0) is 21.7. The molecule has 2 N–H and O–H groups in total. The molecule has 0 aliphatic heterocycles. The van der Waals surface area contributed by atoms with Crippen LogP contribution in [-0.4, -0.2) is 42.7 Å². The number of rotatable bonds is 7. The highest BCUT2D eigenvalue weighted by Crippen LogP contribution is 2.28. The van der Waals surface area contributed by atoms with E-state index in [0.717, 1.165) is 0 Å². The molecule has 0 spiro atoms. The summed E-state index contributed by atoms with van der Waals surface area (Å²) < 4.78 is 15.4. The number of hydrogen-bond donors (Lipinski definition) is 2. The van der Waals surface area contributed by atoms with Crippen molar-refractivity contribution in [2.45, 2.75) is 33.8 Å². The third-order valence-corrected chi connectivity index (χ3v) is 4.43. The molecule has 0 fully saturated rings. The lowest BCUT2D eigenvalue weighted by Crippen LogP contribution is -2.30. The van der Waals surface area contributed by atoms with Crippen molar-refractivity contribution in [3.63, 3.8) is 0 Å². The maximum absolute atomic E-state index is 12.6. The number of hydrogen-bond acceptors (Lipinski definition) is 6. The topological polar surface area (TPSA) is 107 Å². The van der Waals surface area contributed by atoms with Gasteiger partial charge >= 0.3 is 11.9 Å². The van der Waals surface area contributed by atoms with Gasteiger partial charge in [-0.15, -0.1) is 0 Å². The van der Waals surface area contributed by atoms with E-state index in [4.69, 9.17) is 25.8 Å². The van der Waals surface area contributed by atoms with E-state index in [2.05, 4.69) is 10.3 Å². The Morgan fingerprint density at radius 2 is 1.90 bits per heavy atom. The molecule has 0 bridgehead atoms. The monoisotopic (exact) mass is 422 g/mol. The van der Waals surface area contributed by atoms with Gasteiger partial charge < -0.3 is 24.5 Å². The third kappa shape index (κ3) is 5.08. The van der Waals surface area contributed by atoms with Crippen LogP contribution in [0.1, 0.15) is 46.0 Å². The number of ether oxygens (including phenoxy) is 3. The molecule has 1 unspecified atom stereocenters. The average Bonchev–Trinajstić information content (AvgIpc) is 2.96. The fraction of sp³-hybridized carbons (Fsp3) is 0.350. The standard InChI is InChI=1S/C20H23ClN2O6/c1-6-28-20(26)17-10(2)16(11(3)22-17)19(25)29-12(4)18(24)23-14-9-13(21)7-8-15(14)27-5/h7-9,12,22H,6H2,1-5H3,(H,23,24). The Kier molecular flexibility index (Phi) is 7.28. The molecule has 1 aromatic heterocycles. The van der Waals surface area contributed by atoms with Gasteiger partial charge in [0.1, 0.15) is 11.4 Å². The second kappa shape index (κ2) is 9.47. The zero-order valence-electron chi connectivity index (χ0n) is 16.8. The number of nitrogens with one attached hydrogen (secondary N) is 2. The minimum Gasteiger partial charge on any atom is -0.495 e. The van der Waals surface area contributed by atoms with Crippen LogP contribution in [0.2, 0.25) is 5.02 Å². The van der Waals surface area contributed by atoms with Crippen LogP contribution in [0.3, 0.4) is 0 Å². The number of H-pyrrole nitrogens is 1. The molecule has 0 radical (unpaired) electrons. The van der Waals surface area contributed by atoms with E-state index in [1.807, 2.05) is 0 Å². The average molecular weight is 423 g/mol. The number of halogens is 1. The van der Waals surface area contributed by atoms with Crippen LogP contribution in [0.15, 0.2) is 18.2 Å². The van der Waals surface area contributed by atoms with Gasteiger partial charge in [-0.1, -0.05) is 11.6 Å². The number of aromatic amines is 1. The summed E-state index contributed by atoms with van der Waals surface area (Å²) >= 11 is 5.95. The fourth-order valence-electron chi connectivity index (χ4n) is 2.75. The van der Waals surface area contributed by atoms with Crippen LogP contribution in [0, 0.1) is 13.8 Å². The van der Waals surface area contributed by atoms with Gasteiger partial charge in [-0.2, -0.15) is 0 Å². The highest BCUT2D eigenvalue weighted by Gasteiger charge is 2.27. The largest absolute Gasteiger partial charge is 0.495 e. The second-order valence-corrected chi connectivity index (χ2v) is 6.66. The molecule has 0 aliphatic rings. The summed E-state index contributed by atoms with van der Waals surface area (Å²) in [5.41, 5.74) is 1.56. The fourth-order valence-corrected chi connectivity index (χ4v) is 2.92. The number of carbonyl (C=O) groups excluding carboxylic acids is 3. The lowest BCUT2D eigenvalue weighted by atomic mass is 10.1. The Hall–Kier alpha value is -3.00. The minimum absolute atomic E-state index is 0.178. The molecule has 1 heterocycles. The van der Waals surface area contributed by atoms with Crippen molar-refractivity contribution in [3.05, 3.63) is 45.7 Å². The molecule has 0 saturated heterocycles. The lowest BCUT2D eigenvalue weighted by molar-refractivity contribution is -0.123. The molecule has 2 aromatic rings. The molecule has 1 aromatic carbocycles. The number of amides is 1. The summed E-state index contributed by atoms with van der Waals surface area (Å²) in [6, 6.07) is 4.76. The molecule has 8 nitrogen and oxygen atoms in total. The van der Waals surface area contributed by atoms with E-state index in [0.29, 0.717) is 27.7 Å². The lowest BCUT2D eigenvalue weighted by Gasteiger charge is -2.15. The van der Waals surface area contributed by atoms with Crippen molar-refractivity contribution in [2.24, 2.45) is 0 Å². The van der Waals surface area contributed by atoms with Gasteiger partial charge in [0.15, 0.2) is 6.10 Å². The summed E-state index contributed by atoms with van der Waals surface area (Å²) in [7, 11) is 1.46. The summed E-state index contributed by atoms with van der Waals surface area (Å²) in [6.45, 7) is 6.57. The molecule has 0 aliphatic carbocycles. The first kappa shape index (κ1) is 22.3. The number of methoxy groups -OCH3 is 1. The van der Waals surface area contributed by atoms with E-state index in [1.54, 1.807) is 32.9 Å². The van der Waals surface area contributed by atoms with Crippen LogP contribution >= 0.6 is 11.6 Å². The van der Waals surface area contributed by atoms with Crippen molar-refractivity contribution >= 4 is 35.1 Å². The summed E-state index contributed by atoms with van der Waals surface area (Å²) in [5.74, 6) is -1.44. The normalized spacial score (nSPS) is 11.5. The second-order valence-electron chi connectivity index (χ2n) is 6.23. The van der Waals surface area contributed by atoms with Gasteiger partial charge in [-0.25, -0.2) is 9.59 Å². The summed E-state index contributed by atoms with van der Waals surface area (Å²) in [4.78, 5) is 39.9. The zero-order valence-corrected chi connectivity index (χ0v) is 17.6. The molecule has 29 heavy (non-hydrogen) atoms. The Bertz CT molecular complexity index is 937. The first-order valence-electron chi connectivity index (χ1n) is 8.91. The van der Waals surface area contributed by atoms with E-state index in [-0.39, 0.29) is 17.9 Å². The minimum atomic E-state index is -1.11. The van der Waals surface area contributed by atoms with Gasteiger partial charge in [0.2, 0.25) is 0 Å². The Morgan fingerprint density at radius 1 is 1.21 bits per heavy atom. The number of aryl methyl sites for hydroxylation is 1. The molecule has 1 amide bonds. The maximum atomic E-state index is 12.6. The number of carbonyl (C=O) groups is 3. The van der Waals surface area contributed by atoms with Gasteiger partial charge in [0.25, 0.3) is 5.91 Å². The predicted molar refractivity (Wildman–Crippen MR) is 108 cm³/mol. The molecule has 1 atom stereocenters. The molecule has 2 rings (SSSR count). The van der Waals surface area contributed by atoms with Crippen molar-refractivity contribution in [1.82, 2.24) is 4.98 Å². The third-order valence-electron chi connectivity index (χ3n) is 4.19. The number of aromatic nitrogens is 1. The van der Waals surface area contributed by atoms with E-state index >= 15 is 0 Å². The SMILES string of the molecule is CCOC(=O)c1[nH]c(C)c(C(=O)OC(C)C(=O)Nc2cc(Cl)ccc2OC)c1C. The Morgan fingerprint density at radius 3 is 2.52 bits per heavy atom. The van der Waals surface area contributed by atoms with E-state index in [1.165, 1.54) is 20.1 Å². The van der Waals surface area contributed by atoms with Crippen LogP contribution in [0.4, 0.5) is 5.69 Å². The van der Waals surface area contributed by atoms with Gasteiger partial charge in [-0.05, 0) is 51.5 Å². The Labute approximate surface area is 173 Å². The number of anilines is 1. The van der Waals surface area contributed by atoms with Crippen molar-refractivity contribution in [3.8, 4) is 5.75 Å². The first-order valence-corrected chi connectivity index (χ1v) is 9.29. The van der Waals surface area contributed by atoms with Gasteiger partial charge in [-0.3, -0.25) is 4.79 Å². The van der Waals surface area contributed by atoms with Crippen LogP contribution in [0.25, 0.3) is 0 Å². The highest BCUT2D eigenvalue weighted by molar-refractivity contribution is 6.31. The van der Waals surface area contributed by atoms with Gasteiger partial charge in [0.05, 0.1) is 25.0 Å². The molecular weight excluding hydrogens is 400 g/mol. The summed E-state index contributed by atoms with van der Waals surface area (Å²) in [6.07, 6.45) is -1.11. The summed E-state index contributed by atoms with van der Waals surface area (Å²) in [5, 5.41) is 3.03. The molecular formula is C20H23ClN2O6. The quantitative estimate of drug-likeness (QED) is 0.659. The predicted octanol–water partition coefficient (Wildman–Crippen LogP) is 3.65. The van der Waals surface area contributed by atoms with E-state index in [9.17, 15) is 14.4 Å². The maximum Gasteiger partial charge on any atom is 0.355 e. The first-order chi connectivity index (χ1) is 13.7. The van der Waals surface area contributed by atoms with Crippen molar-refractivity contribution < 1.29 is 28.6 Å². The van der Waals surface area contributed by atoms with Crippen LogP contribution in [-0.2, 0) is 14.3 Å². The van der Waals surface area contributed by atoms with Gasteiger partial charge in [0, 0.05) is 10.7 Å². The number of esters is 2. The smallest absolute Gasteiger partial charge is 0.355 e. The van der Waals surface area contributed by atoms with E-state index < -0.39 is 23.9 Å². The molecule has 156 valence electrons. The number of benzene rings is 1. The Balaban J connectivity index is 2.14. The van der Waals surface area contributed by atoms with Crippen LogP contribution < -0.4 is 10.1 Å². The van der Waals surface area contributed by atoms with Crippen LogP contribution in [0.5, 0.6) is 5.75 Å². The van der Waals surface area contributed by atoms with Crippen molar-refractivity contribution in [1.29, 1.82) is 0 Å².